The third-order valence-corrected chi connectivity index (χ3v) is 3.85. The first-order valence-corrected chi connectivity index (χ1v) is 5.46. The SMILES string of the molecule is O=Cc1sc2cc3c(cc2c1Cl)OCO3. The van der Waals surface area contributed by atoms with Gasteiger partial charge in [0.05, 0.1) is 9.90 Å². The van der Waals surface area contributed by atoms with E-state index in [9.17, 15) is 4.79 Å². The summed E-state index contributed by atoms with van der Waals surface area (Å²) in [5.41, 5.74) is 0. The molecule has 76 valence electrons. The number of hydrogen-bond donors (Lipinski definition) is 0. The fourth-order valence-corrected chi connectivity index (χ4v) is 2.85. The van der Waals surface area contributed by atoms with Gasteiger partial charge >= 0.3 is 0 Å². The number of ether oxygens (including phenoxy) is 2. The second-order valence-corrected chi connectivity index (χ2v) is 4.56. The molecule has 0 unspecified atom stereocenters. The number of fused-ring (bicyclic) bond motifs is 2. The Morgan fingerprint density at radius 1 is 1.33 bits per heavy atom. The van der Waals surface area contributed by atoms with Gasteiger partial charge in [-0.3, -0.25) is 4.79 Å². The molecule has 1 aliphatic heterocycles. The van der Waals surface area contributed by atoms with Crippen LogP contribution >= 0.6 is 22.9 Å². The monoisotopic (exact) mass is 240 g/mol. The van der Waals surface area contributed by atoms with E-state index in [1.54, 1.807) is 0 Å². The fourth-order valence-electron chi connectivity index (χ4n) is 1.55. The molecule has 1 aliphatic rings. The molecule has 0 fully saturated rings. The molecule has 0 spiro atoms. The summed E-state index contributed by atoms with van der Waals surface area (Å²) >= 11 is 7.40. The van der Waals surface area contributed by atoms with Crippen molar-refractivity contribution in [3.63, 3.8) is 0 Å². The van der Waals surface area contributed by atoms with E-state index in [0.29, 0.717) is 21.4 Å². The molecule has 1 aromatic carbocycles. The number of aldehydes is 1. The molecule has 0 saturated carbocycles. The molecule has 3 rings (SSSR count). The van der Waals surface area contributed by atoms with Gasteiger partial charge in [0.1, 0.15) is 0 Å². The van der Waals surface area contributed by atoms with Crippen LogP contribution in [0.5, 0.6) is 11.5 Å². The maximum absolute atomic E-state index is 10.7. The first-order chi connectivity index (χ1) is 7.29. The van der Waals surface area contributed by atoms with Crippen LogP contribution in [-0.2, 0) is 0 Å². The Kier molecular flexibility index (Phi) is 1.87. The van der Waals surface area contributed by atoms with Crippen molar-refractivity contribution < 1.29 is 14.3 Å². The van der Waals surface area contributed by atoms with Crippen molar-refractivity contribution in [1.29, 1.82) is 0 Å². The molecule has 0 amide bonds. The number of benzene rings is 1. The van der Waals surface area contributed by atoms with Gasteiger partial charge in [-0.15, -0.1) is 11.3 Å². The van der Waals surface area contributed by atoms with E-state index >= 15 is 0 Å². The number of thiophene rings is 1. The molecule has 15 heavy (non-hydrogen) atoms. The highest BCUT2D eigenvalue weighted by molar-refractivity contribution is 7.21. The van der Waals surface area contributed by atoms with Gasteiger partial charge in [-0.1, -0.05) is 11.6 Å². The summed E-state index contributed by atoms with van der Waals surface area (Å²) in [6.45, 7) is 0.241. The van der Waals surface area contributed by atoms with E-state index in [2.05, 4.69) is 0 Å². The summed E-state index contributed by atoms with van der Waals surface area (Å²) in [5.74, 6) is 1.39. The lowest BCUT2D eigenvalue weighted by molar-refractivity contribution is 0.112. The minimum Gasteiger partial charge on any atom is -0.454 e. The summed E-state index contributed by atoms with van der Waals surface area (Å²) < 4.78 is 11.4. The summed E-state index contributed by atoms with van der Waals surface area (Å²) in [6, 6.07) is 3.66. The van der Waals surface area contributed by atoms with Crippen molar-refractivity contribution >= 4 is 39.3 Å². The van der Waals surface area contributed by atoms with E-state index in [0.717, 1.165) is 16.4 Å². The van der Waals surface area contributed by atoms with Crippen molar-refractivity contribution in [3.05, 3.63) is 22.0 Å². The number of halogens is 1. The van der Waals surface area contributed by atoms with Crippen LogP contribution < -0.4 is 9.47 Å². The highest BCUT2D eigenvalue weighted by Crippen LogP contribution is 2.42. The smallest absolute Gasteiger partial charge is 0.231 e. The maximum atomic E-state index is 10.7. The molecular weight excluding hydrogens is 236 g/mol. The fraction of sp³-hybridized carbons (Fsp3) is 0.100. The Morgan fingerprint density at radius 3 is 2.80 bits per heavy atom. The largest absolute Gasteiger partial charge is 0.454 e. The first-order valence-electron chi connectivity index (χ1n) is 4.26. The summed E-state index contributed by atoms with van der Waals surface area (Å²) in [5, 5.41) is 1.33. The quantitative estimate of drug-likeness (QED) is 0.719. The average Bonchev–Trinajstić information content (AvgIpc) is 2.80. The van der Waals surface area contributed by atoms with E-state index in [-0.39, 0.29) is 6.79 Å². The standard InChI is InChI=1S/C10H5ClO3S/c11-10-5-1-6-7(14-4-13-6)2-8(5)15-9(10)3-12/h1-3H,4H2. The highest BCUT2D eigenvalue weighted by Gasteiger charge is 2.18. The van der Waals surface area contributed by atoms with Crippen molar-refractivity contribution in [1.82, 2.24) is 0 Å². The van der Waals surface area contributed by atoms with Gasteiger partial charge in [0.15, 0.2) is 17.8 Å². The molecule has 0 bridgehead atoms. The first kappa shape index (κ1) is 9.00. The van der Waals surface area contributed by atoms with Crippen molar-refractivity contribution in [2.45, 2.75) is 0 Å². The Bertz CT molecular complexity index is 561. The lowest BCUT2D eigenvalue weighted by atomic mass is 10.2. The molecule has 2 heterocycles. The molecule has 2 aromatic rings. The van der Waals surface area contributed by atoms with Gasteiger partial charge in [0.2, 0.25) is 6.79 Å². The van der Waals surface area contributed by atoms with E-state index in [1.165, 1.54) is 11.3 Å². The lowest BCUT2D eigenvalue weighted by Crippen LogP contribution is -1.92. The number of rotatable bonds is 1. The molecule has 1 aromatic heterocycles. The van der Waals surface area contributed by atoms with Crippen molar-refractivity contribution in [3.8, 4) is 11.5 Å². The number of carbonyl (C=O) groups is 1. The normalized spacial score (nSPS) is 13.4. The van der Waals surface area contributed by atoms with Crippen LogP contribution in [0.3, 0.4) is 0 Å². The molecule has 5 heteroatoms. The third-order valence-electron chi connectivity index (χ3n) is 2.25. The molecule has 0 radical (unpaired) electrons. The topological polar surface area (TPSA) is 35.5 Å². The Hall–Kier alpha value is -1.26. The average molecular weight is 241 g/mol. The Morgan fingerprint density at radius 2 is 2.07 bits per heavy atom. The molecule has 0 aliphatic carbocycles. The lowest BCUT2D eigenvalue weighted by Gasteiger charge is -1.95. The van der Waals surface area contributed by atoms with Gasteiger partial charge in [0.25, 0.3) is 0 Å². The van der Waals surface area contributed by atoms with Crippen LogP contribution in [0.2, 0.25) is 5.02 Å². The van der Waals surface area contributed by atoms with Gasteiger partial charge in [-0.05, 0) is 6.07 Å². The zero-order valence-corrected chi connectivity index (χ0v) is 9.02. The van der Waals surface area contributed by atoms with Crippen LogP contribution in [-0.4, -0.2) is 13.1 Å². The minimum absolute atomic E-state index is 0.241. The predicted octanol–water partition coefficient (Wildman–Crippen LogP) is 3.10. The van der Waals surface area contributed by atoms with E-state index < -0.39 is 0 Å². The maximum Gasteiger partial charge on any atom is 0.231 e. The zero-order valence-electron chi connectivity index (χ0n) is 7.45. The second-order valence-electron chi connectivity index (χ2n) is 3.10. The van der Waals surface area contributed by atoms with Crippen LogP contribution in [0.1, 0.15) is 9.67 Å². The van der Waals surface area contributed by atoms with Gasteiger partial charge < -0.3 is 9.47 Å². The minimum atomic E-state index is 0.241. The summed E-state index contributed by atoms with van der Waals surface area (Å²) in [6.07, 6.45) is 0.764. The molecule has 0 N–H and O–H groups in total. The zero-order chi connectivity index (χ0) is 10.4. The van der Waals surface area contributed by atoms with Crippen LogP contribution in [0.15, 0.2) is 12.1 Å². The van der Waals surface area contributed by atoms with E-state index in [1.807, 2.05) is 12.1 Å². The van der Waals surface area contributed by atoms with Crippen LogP contribution in [0, 0.1) is 0 Å². The van der Waals surface area contributed by atoms with Crippen LogP contribution in [0.4, 0.5) is 0 Å². The van der Waals surface area contributed by atoms with E-state index in [4.69, 9.17) is 21.1 Å². The molecular formula is C10H5ClO3S. The molecule has 0 atom stereocenters. The highest BCUT2D eigenvalue weighted by atomic mass is 35.5. The Labute approximate surface area is 94.2 Å². The molecule has 3 nitrogen and oxygen atoms in total. The third kappa shape index (κ3) is 1.22. The predicted molar refractivity (Wildman–Crippen MR) is 58.3 cm³/mol. The number of carbonyl (C=O) groups excluding carboxylic acids is 1. The van der Waals surface area contributed by atoms with Gasteiger partial charge in [-0.2, -0.15) is 0 Å². The van der Waals surface area contributed by atoms with Gasteiger partial charge in [0, 0.05) is 16.2 Å². The molecule has 0 saturated heterocycles. The van der Waals surface area contributed by atoms with Crippen molar-refractivity contribution in [2.24, 2.45) is 0 Å². The van der Waals surface area contributed by atoms with Crippen molar-refractivity contribution in [2.75, 3.05) is 6.79 Å². The van der Waals surface area contributed by atoms with Gasteiger partial charge in [-0.25, -0.2) is 0 Å². The Balaban J connectivity index is 2.35. The van der Waals surface area contributed by atoms with Crippen LogP contribution in [0.25, 0.3) is 10.1 Å². The summed E-state index contributed by atoms with van der Waals surface area (Å²) in [4.78, 5) is 11.3. The number of hydrogen-bond acceptors (Lipinski definition) is 4. The second kappa shape index (κ2) is 3.12. The summed E-state index contributed by atoms with van der Waals surface area (Å²) in [7, 11) is 0.